The predicted octanol–water partition coefficient (Wildman–Crippen LogP) is 4.85. The number of benzene rings is 2. The molecule has 4 nitrogen and oxygen atoms in total. The lowest BCUT2D eigenvalue weighted by Gasteiger charge is -2.10. The summed E-state index contributed by atoms with van der Waals surface area (Å²) in [7, 11) is 0. The van der Waals surface area contributed by atoms with Crippen LogP contribution in [0.5, 0.6) is 0 Å². The second kappa shape index (κ2) is 7.02. The third kappa shape index (κ3) is 3.29. The van der Waals surface area contributed by atoms with Gasteiger partial charge in [0.25, 0.3) is 0 Å². The molecule has 1 heterocycles. The van der Waals surface area contributed by atoms with E-state index in [0.29, 0.717) is 22.2 Å². The topological polar surface area (TPSA) is 46.5 Å². The number of halogens is 1. The quantitative estimate of drug-likeness (QED) is 0.421. The molecule has 0 atom stereocenters. The molecule has 0 unspecified atom stereocenters. The van der Waals surface area contributed by atoms with Crippen molar-refractivity contribution in [1.82, 2.24) is 4.98 Å². The fraction of sp³-hybridized carbons (Fsp3) is 0.100. The standard InChI is InChI=1S/C20H15FN2O2/c1-3-25-19(24)11-15(13-7-5-4-6-8-13)14-9-16-18(22-2)12-23-20(16)17(21)10-14/h4-12,23H,3H2,1H3. The number of rotatable bonds is 4. The Morgan fingerprint density at radius 3 is 2.72 bits per heavy atom. The highest BCUT2D eigenvalue weighted by Crippen LogP contribution is 2.33. The molecule has 1 aromatic heterocycles. The fourth-order valence-electron chi connectivity index (χ4n) is 2.67. The van der Waals surface area contributed by atoms with Gasteiger partial charge >= 0.3 is 5.97 Å². The smallest absolute Gasteiger partial charge is 0.331 e. The predicted molar refractivity (Wildman–Crippen MR) is 94.7 cm³/mol. The zero-order chi connectivity index (χ0) is 17.8. The average molecular weight is 334 g/mol. The van der Waals surface area contributed by atoms with E-state index in [9.17, 15) is 9.18 Å². The third-order valence-electron chi connectivity index (χ3n) is 3.78. The van der Waals surface area contributed by atoms with Gasteiger partial charge in [-0.15, -0.1) is 0 Å². The number of hydrogen-bond acceptors (Lipinski definition) is 2. The SMILES string of the molecule is [C-]#[N+]c1c[nH]c2c(F)cc(C(=CC(=O)OCC)c3ccccc3)cc12. The Labute approximate surface area is 144 Å². The van der Waals surface area contributed by atoms with Crippen LogP contribution in [0.15, 0.2) is 54.7 Å². The molecule has 0 aliphatic heterocycles. The van der Waals surface area contributed by atoms with Gasteiger partial charge in [0.1, 0.15) is 5.82 Å². The van der Waals surface area contributed by atoms with Gasteiger partial charge in [-0.1, -0.05) is 36.4 Å². The maximum absolute atomic E-state index is 14.5. The molecule has 0 saturated carbocycles. The van der Waals surface area contributed by atoms with Crippen molar-refractivity contribution in [2.75, 3.05) is 6.61 Å². The summed E-state index contributed by atoms with van der Waals surface area (Å²) in [5.74, 6) is -0.977. The minimum Gasteiger partial charge on any atom is -0.463 e. The fourth-order valence-corrected chi connectivity index (χ4v) is 2.67. The Morgan fingerprint density at radius 2 is 2.04 bits per heavy atom. The molecule has 0 radical (unpaired) electrons. The number of carbonyl (C=O) groups is 1. The average Bonchev–Trinajstić information content (AvgIpc) is 3.04. The van der Waals surface area contributed by atoms with Crippen molar-refractivity contribution in [3.8, 4) is 0 Å². The van der Waals surface area contributed by atoms with Crippen molar-refractivity contribution in [2.24, 2.45) is 0 Å². The van der Waals surface area contributed by atoms with Gasteiger partial charge in [0.2, 0.25) is 5.69 Å². The van der Waals surface area contributed by atoms with E-state index in [2.05, 4.69) is 9.83 Å². The van der Waals surface area contributed by atoms with E-state index in [-0.39, 0.29) is 12.1 Å². The molecule has 2 aromatic carbocycles. The molecule has 25 heavy (non-hydrogen) atoms. The molecule has 0 fully saturated rings. The van der Waals surface area contributed by atoms with E-state index >= 15 is 0 Å². The molecule has 0 aliphatic rings. The lowest BCUT2D eigenvalue weighted by molar-refractivity contribution is -0.137. The highest BCUT2D eigenvalue weighted by atomic mass is 19.1. The number of aromatic nitrogens is 1. The summed E-state index contributed by atoms with van der Waals surface area (Å²) in [6.45, 7) is 9.19. The van der Waals surface area contributed by atoms with Crippen LogP contribution in [-0.4, -0.2) is 17.6 Å². The van der Waals surface area contributed by atoms with Crippen LogP contribution >= 0.6 is 0 Å². The summed E-state index contributed by atoms with van der Waals surface area (Å²) >= 11 is 0. The van der Waals surface area contributed by atoms with Gasteiger partial charge in [-0.3, -0.25) is 0 Å². The van der Waals surface area contributed by atoms with Gasteiger partial charge in [0.15, 0.2) is 0 Å². The second-order valence-corrected chi connectivity index (χ2v) is 5.34. The summed E-state index contributed by atoms with van der Waals surface area (Å²) in [5, 5.41) is 0.482. The van der Waals surface area contributed by atoms with Gasteiger partial charge in [-0.05, 0) is 29.7 Å². The highest BCUT2D eigenvalue weighted by molar-refractivity contribution is 6.00. The lowest BCUT2D eigenvalue weighted by atomic mass is 9.96. The number of ether oxygens (including phenoxy) is 1. The number of H-pyrrole nitrogens is 1. The van der Waals surface area contributed by atoms with E-state index in [1.165, 1.54) is 18.3 Å². The maximum Gasteiger partial charge on any atom is 0.331 e. The molecule has 5 heteroatoms. The van der Waals surface area contributed by atoms with Crippen LogP contribution in [0.1, 0.15) is 18.1 Å². The molecule has 0 spiro atoms. The van der Waals surface area contributed by atoms with E-state index in [0.717, 1.165) is 5.56 Å². The molecule has 0 aliphatic carbocycles. The summed E-state index contributed by atoms with van der Waals surface area (Å²) < 4.78 is 19.5. The number of fused-ring (bicyclic) bond motifs is 1. The summed E-state index contributed by atoms with van der Waals surface area (Å²) in [6, 6.07) is 12.3. The van der Waals surface area contributed by atoms with Crippen molar-refractivity contribution in [3.05, 3.63) is 83.1 Å². The molecule has 124 valence electrons. The summed E-state index contributed by atoms with van der Waals surface area (Å²) in [6.07, 6.45) is 2.82. The molecule has 0 amide bonds. The minimum atomic E-state index is -0.499. The highest BCUT2D eigenvalue weighted by Gasteiger charge is 2.14. The van der Waals surface area contributed by atoms with E-state index in [1.54, 1.807) is 13.0 Å². The van der Waals surface area contributed by atoms with Crippen LogP contribution in [0.25, 0.3) is 21.3 Å². The first-order valence-corrected chi connectivity index (χ1v) is 7.76. The van der Waals surface area contributed by atoms with Crippen molar-refractivity contribution >= 4 is 28.1 Å². The molecular weight excluding hydrogens is 319 g/mol. The van der Waals surface area contributed by atoms with Crippen LogP contribution in [0.3, 0.4) is 0 Å². The Morgan fingerprint density at radius 1 is 1.28 bits per heavy atom. The summed E-state index contributed by atoms with van der Waals surface area (Å²) in [5.41, 5.74) is 2.41. The number of carbonyl (C=O) groups excluding carboxylic acids is 1. The Balaban J connectivity index is 2.21. The van der Waals surface area contributed by atoms with E-state index in [1.807, 2.05) is 30.3 Å². The molecule has 3 rings (SSSR count). The third-order valence-corrected chi connectivity index (χ3v) is 3.78. The van der Waals surface area contributed by atoms with Gasteiger partial charge in [0, 0.05) is 17.7 Å². The number of nitrogens with one attached hydrogen (secondary N) is 1. The van der Waals surface area contributed by atoms with Crippen LogP contribution in [0.4, 0.5) is 10.1 Å². The Kier molecular flexibility index (Phi) is 4.62. The van der Waals surface area contributed by atoms with Gasteiger partial charge in [-0.2, -0.15) is 0 Å². The maximum atomic E-state index is 14.5. The van der Waals surface area contributed by atoms with Crippen molar-refractivity contribution < 1.29 is 13.9 Å². The molecule has 0 saturated heterocycles. The Bertz CT molecular complexity index is 998. The number of esters is 1. The number of nitrogens with zero attached hydrogens (tertiary/aromatic N) is 1. The van der Waals surface area contributed by atoms with Crippen molar-refractivity contribution in [2.45, 2.75) is 6.92 Å². The van der Waals surface area contributed by atoms with Gasteiger partial charge in [-0.25, -0.2) is 14.0 Å². The minimum absolute atomic E-state index is 0.254. The van der Waals surface area contributed by atoms with Gasteiger partial charge in [0.05, 0.1) is 18.7 Å². The molecular formula is C20H15FN2O2. The first kappa shape index (κ1) is 16.5. The number of hydrogen-bond donors (Lipinski definition) is 1. The van der Waals surface area contributed by atoms with Crippen molar-refractivity contribution in [1.29, 1.82) is 0 Å². The zero-order valence-corrected chi connectivity index (χ0v) is 13.5. The van der Waals surface area contributed by atoms with Crippen LogP contribution in [0.2, 0.25) is 0 Å². The first-order valence-electron chi connectivity index (χ1n) is 7.76. The van der Waals surface area contributed by atoms with Crippen LogP contribution < -0.4 is 0 Å². The number of aromatic amines is 1. The molecule has 1 N–H and O–H groups in total. The van der Waals surface area contributed by atoms with E-state index in [4.69, 9.17) is 11.3 Å². The summed E-state index contributed by atoms with van der Waals surface area (Å²) in [4.78, 5) is 18.2. The van der Waals surface area contributed by atoms with Gasteiger partial charge < -0.3 is 9.72 Å². The van der Waals surface area contributed by atoms with E-state index < -0.39 is 11.8 Å². The van der Waals surface area contributed by atoms with Crippen LogP contribution in [0, 0.1) is 12.4 Å². The normalized spacial score (nSPS) is 11.3. The molecule has 0 bridgehead atoms. The lowest BCUT2D eigenvalue weighted by Crippen LogP contribution is -2.02. The molecule has 3 aromatic rings. The Hall–Kier alpha value is -3.39. The monoisotopic (exact) mass is 334 g/mol. The van der Waals surface area contributed by atoms with Crippen molar-refractivity contribution in [3.63, 3.8) is 0 Å². The second-order valence-electron chi connectivity index (χ2n) is 5.34. The first-order chi connectivity index (χ1) is 12.1. The largest absolute Gasteiger partial charge is 0.463 e. The zero-order valence-electron chi connectivity index (χ0n) is 13.5. The van der Waals surface area contributed by atoms with Crippen LogP contribution in [-0.2, 0) is 9.53 Å².